The van der Waals surface area contributed by atoms with E-state index in [2.05, 4.69) is 15.4 Å². The van der Waals surface area contributed by atoms with Gasteiger partial charge in [0, 0.05) is 13.1 Å². The van der Waals surface area contributed by atoms with E-state index in [1.165, 1.54) is 7.11 Å². The minimum atomic E-state index is -3.61. The van der Waals surface area contributed by atoms with Gasteiger partial charge in [0.2, 0.25) is 16.0 Å². The Balaban J connectivity index is 1.34. The number of anilines is 2. The summed E-state index contributed by atoms with van der Waals surface area (Å²) in [6.07, 6.45) is 6.96. The normalized spacial score (nSPS) is 18.1. The van der Waals surface area contributed by atoms with E-state index in [0.717, 1.165) is 55.3 Å². The summed E-state index contributed by atoms with van der Waals surface area (Å²) in [4.78, 5) is 15.5. The van der Waals surface area contributed by atoms with Crippen LogP contribution in [-0.4, -0.2) is 56.3 Å². The summed E-state index contributed by atoms with van der Waals surface area (Å²) in [6, 6.07) is 14.0. The zero-order valence-electron chi connectivity index (χ0n) is 27.6. The van der Waals surface area contributed by atoms with Gasteiger partial charge in [-0.1, -0.05) is 45.0 Å². The largest absolute Gasteiger partial charge is 0.492 e. The lowest BCUT2D eigenvalue weighted by Gasteiger charge is -2.33. The molecule has 5 rings (SSSR count). The summed E-state index contributed by atoms with van der Waals surface area (Å²) >= 11 is 0. The predicted octanol–water partition coefficient (Wildman–Crippen LogP) is 5.69. The zero-order valence-corrected chi connectivity index (χ0v) is 28.5. The van der Waals surface area contributed by atoms with E-state index in [4.69, 9.17) is 20.3 Å². The summed E-state index contributed by atoms with van der Waals surface area (Å²) in [5.41, 5.74) is 3.16. The van der Waals surface area contributed by atoms with Crippen molar-refractivity contribution in [3.63, 3.8) is 0 Å². The van der Waals surface area contributed by atoms with Crippen LogP contribution in [0.4, 0.5) is 16.2 Å². The Labute approximate surface area is 276 Å². The molecule has 2 heterocycles. The summed E-state index contributed by atoms with van der Waals surface area (Å²) in [6.45, 7) is 7.61. The number of hydrogen-bond donors (Lipinski definition) is 5. The van der Waals surface area contributed by atoms with Gasteiger partial charge in [-0.15, -0.1) is 0 Å². The highest BCUT2D eigenvalue weighted by atomic mass is 32.2. The number of nitrogens with zero attached hydrogens (tertiary/aromatic N) is 2. The molecule has 1 aromatic heterocycles. The Morgan fingerprint density at radius 1 is 0.979 bits per heavy atom. The Bertz CT molecular complexity index is 1810. The van der Waals surface area contributed by atoms with E-state index in [1.54, 1.807) is 35.0 Å². The second kappa shape index (κ2) is 13.7. The van der Waals surface area contributed by atoms with Crippen molar-refractivity contribution in [3.05, 3.63) is 76.9 Å². The third-order valence-electron chi connectivity index (χ3n) is 8.53. The number of ether oxygens (including phenoxy) is 2. The molecule has 2 atom stereocenters. The molecule has 13 heteroatoms. The zero-order chi connectivity index (χ0) is 33.9. The number of urea groups is 1. The molecule has 2 aromatic carbocycles. The number of fused-ring (bicyclic) bond motifs is 1. The molecule has 2 amide bonds. The second-order valence-corrected chi connectivity index (χ2v) is 14.9. The van der Waals surface area contributed by atoms with Crippen molar-refractivity contribution >= 4 is 33.4 Å². The molecule has 1 fully saturated rings. The van der Waals surface area contributed by atoms with Crippen LogP contribution in [-0.2, 0) is 15.4 Å². The van der Waals surface area contributed by atoms with Crippen molar-refractivity contribution in [1.29, 1.82) is 10.8 Å². The highest BCUT2D eigenvalue weighted by Crippen LogP contribution is 2.41. The van der Waals surface area contributed by atoms with Crippen LogP contribution < -0.4 is 30.3 Å². The third kappa shape index (κ3) is 8.07. The molecule has 12 nitrogen and oxygen atoms in total. The first-order chi connectivity index (χ1) is 22.2. The fourth-order valence-corrected chi connectivity index (χ4v) is 6.69. The summed E-state index contributed by atoms with van der Waals surface area (Å²) in [5.74, 6) is 1.06. The molecule has 1 aliphatic carbocycles. The molecule has 0 unspecified atom stereocenters. The fourth-order valence-electron chi connectivity index (χ4n) is 6.14. The van der Waals surface area contributed by atoms with E-state index in [1.807, 2.05) is 49.9 Å². The smallest absolute Gasteiger partial charge is 0.319 e. The monoisotopic (exact) mass is 663 g/mol. The molecular weight excluding hydrogens is 618 g/mol. The third-order valence-corrected chi connectivity index (χ3v) is 9.12. The van der Waals surface area contributed by atoms with Crippen molar-refractivity contribution < 1.29 is 22.7 Å². The first-order valence-corrected chi connectivity index (χ1v) is 17.8. The van der Waals surface area contributed by atoms with Crippen LogP contribution in [0.3, 0.4) is 0 Å². The number of rotatable bonds is 7. The number of methoxy groups -OCH3 is 1. The summed E-state index contributed by atoms with van der Waals surface area (Å²) in [5, 5.41) is 23.1. The minimum Gasteiger partial charge on any atom is -0.492 e. The summed E-state index contributed by atoms with van der Waals surface area (Å²) < 4.78 is 40.3. The van der Waals surface area contributed by atoms with Gasteiger partial charge < -0.3 is 25.0 Å². The molecule has 3 aromatic rings. The van der Waals surface area contributed by atoms with Gasteiger partial charge in [0.15, 0.2) is 5.75 Å². The Hall–Kier alpha value is -4.52. The number of piperidine rings is 1. The van der Waals surface area contributed by atoms with E-state index in [0.29, 0.717) is 24.3 Å². The molecule has 5 N–H and O–H groups in total. The average Bonchev–Trinajstić information content (AvgIpc) is 3.02. The maximum absolute atomic E-state index is 13.5. The van der Waals surface area contributed by atoms with Crippen LogP contribution in [0.15, 0.2) is 54.7 Å². The highest BCUT2D eigenvalue weighted by Gasteiger charge is 2.30. The number of hydrogen-bond acceptors (Lipinski definition) is 7. The molecule has 0 saturated carbocycles. The highest BCUT2D eigenvalue weighted by molar-refractivity contribution is 7.92. The maximum Gasteiger partial charge on any atom is 0.319 e. The van der Waals surface area contributed by atoms with Gasteiger partial charge in [-0.05, 0) is 78.5 Å². The van der Waals surface area contributed by atoms with Crippen molar-refractivity contribution in [1.82, 2.24) is 14.8 Å². The van der Waals surface area contributed by atoms with Gasteiger partial charge in [0.1, 0.15) is 17.3 Å². The number of amides is 2. The number of carbonyl (C=O) groups is 1. The van der Waals surface area contributed by atoms with Crippen LogP contribution >= 0.6 is 0 Å². The minimum absolute atomic E-state index is 0.209. The van der Waals surface area contributed by atoms with E-state index < -0.39 is 16.1 Å². The first-order valence-electron chi connectivity index (χ1n) is 15.9. The number of likely N-dealkylation sites (tertiary alicyclic amines) is 1. The van der Waals surface area contributed by atoms with Crippen LogP contribution in [0, 0.1) is 10.8 Å². The number of pyridine rings is 1. The number of aromatic nitrogens is 1. The quantitative estimate of drug-likeness (QED) is 0.161. The van der Waals surface area contributed by atoms with Gasteiger partial charge in [-0.2, -0.15) is 0 Å². The molecule has 1 aliphatic heterocycles. The van der Waals surface area contributed by atoms with E-state index in [9.17, 15) is 13.2 Å². The maximum atomic E-state index is 13.5. The van der Waals surface area contributed by atoms with Gasteiger partial charge in [-0.25, -0.2) is 13.2 Å². The van der Waals surface area contributed by atoms with Crippen molar-refractivity contribution in [2.45, 2.75) is 70.4 Å². The van der Waals surface area contributed by atoms with Gasteiger partial charge in [0.25, 0.3) is 0 Å². The number of nitrogens with one attached hydrogen (secondary N) is 5. The van der Waals surface area contributed by atoms with Crippen molar-refractivity contribution in [2.24, 2.45) is 0 Å². The predicted molar refractivity (Wildman–Crippen MR) is 183 cm³/mol. The lowest BCUT2D eigenvalue weighted by molar-refractivity contribution is 0.171. The van der Waals surface area contributed by atoms with Gasteiger partial charge in [-0.3, -0.25) is 20.1 Å². The van der Waals surface area contributed by atoms with Gasteiger partial charge >= 0.3 is 6.03 Å². The van der Waals surface area contributed by atoms with Crippen LogP contribution in [0.25, 0.3) is 0 Å². The second-order valence-electron chi connectivity index (χ2n) is 13.2. The molecule has 0 radical (unpaired) electrons. The number of carbonyl (C=O) groups excluding carboxylic acids is 1. The average molecular weight is 664 g/mol. The van der Waals surface area contributed by atoms with Crippen LogP contribution in [0.5, 0.6) is 11.5 Å². The Kier molecular flexibility index (Phi) is 9.85. The Morgan fingerprint density at radius 2 is 1.66 bits per heavy atom. The number of benzene rings is 2. The SMILES string of the molecule is COc1c(NC(=O)N[C@H]2CC[C@@H](Oc3ccc(=N)n(C(=N)N4CCCCC4)c3)c3ccccc32)cc(C(C)(C)C)cc1NS(C)(=O)=O. The topological polar surface area (TPSA) is 162 Å². The summed E-state index contributed by atoms with van der Waals surface area (Å²) in [7, 11) is -2.18. The van der Waals surface area contributed by atoms with E-state index in [-0.39, 0.29) is 40.4 Å². The van der Waals surface area contributed by atoms with Crippen molar-refractivity contribution in [3.8, 4) is 11.5 Å². The molecule has 0 spiro atoms. The van der Waals surface area contributed by atoms with Crippen LogP contribution in [0.1, 0.15) is 81.7 Å². The van der Waals surface area contributed by atoms with Gasteiger partial charge in [0.05, 0.1) is 37.0 Å². The number of sulfonamides is 1. The molecule has 0 bridgehead atoms. The molecular formula is C34H45N7O5S. The van der Waals surface area contributed by atoms with Crippen molar-refractivity contribution in [2.75, 3.05) is 36.5 Å². The molecule has 47 heavy (non-hydrogen) atoms. The molecule has 1 saturated heterocycles. The lowest BCUT2D eigenvalue weighted by atomic mass is 9.85. The standard InChI is InChI=1S/C34H45N7O5S/c1-34(2,3)22-19-27(31(45-4)28(20-22)39-47(5,43)44)38-33(42)37-26-14-15-29(25-12-8-7-11-24(25)26)46-23-13-16-30(35)41(21-23)32(36)40-17-9-6-10-18-40/h7-8,11-13,16,19-21,26,29,35-36,39H,6,9-10,14-15,17-18H2,1-5H3,(H2,37,38,42)/t26-,29+/m0/s1. The first kappa shape index (κ1) is 33.8. The van der Waals surface area contributed by atoms with Crippen LogP contribution in [0.2, 0.25) is 0 Å². The molecule has 2 aliphatic rings. The fraction of sp³-hybridized carbons (Fsp3) is 0.441. The van der Waals surface area contributed by atoms with E-state index >= 15 is 0 Å². The Morgan fingerprint density at radius 3 is 2.32 bits per heavy atom. The lowest BCUT2D eigenvalue weighted by Crippen LogP contribution is -2.42. The molecule has 252 valence electrons.